The molecule has 20 heavy (non-hydrogen) atoms. The molecule has 1 aliphatic heterocycles. The van der Waals surface area contributed by atoms with Gasteiger partial charge in [-0.05, 0) is 19.1 Å². The Morgan fingerprint density at radius 2 is 2.10 bits per heavy atom. The van der Waals surface area contributed by atoms with Crippen LogP contribution in [0.4, 0.5) is 9.57 Å². The summed E-state index contributed by atoms with van der Waals surface area (Å²) in [5, 5.41) is 8.52. The number of para-hydroxylation sites is 1. The third kappa shape index (κ3) is 2.51. The molecule has 0 saturated carbocycles. The van der Waals surface area contributed by atoms with Crippen molar-refractivity contribution in [1.82, 2.24) is 0 Å². The number of hydrogen-bond acceptors (Lipinski definition) is 5. The van der Waals surface area contributed by atoms with Crippen molar-refractivity contribution < 1.29 is 27.0 Å². The van der Waals surface area contributed by atoms with Crippen LogP contribution in [0.1, 0.15) is 23.7 Å². The number of amides is 1. The molecule has 1 atom stereocenters. The first-order chi connectivity index (χ1) is 9.21. The second-order valence-electron chi connectivity index (χ2n) is 4.54. The van der Waals surface area contributed by atoms with Crippen LogP contribution < -0.4 is 4.90 Å². The van der Waals surface area contributed by atoms with Crippen LogP contribution in [0, 0.1) is 0 Å². The molecule has 1 unspecified atom stereocenters. The van der Waals surface area contributed by atoms with Crippen LogP contribution in [-0.2, 0) is 15.0 Å². The van der Waals surface area contributed by atoms with E-state index in [1.54, 1.807) is 0 Å². The average Bonchev–Trinajstić information content (AvgIpc) is 2.71. The Kier molecular flexibility index (Phi) is 3.51. The van der Waals surface area contributed by atoms with E-state index < -0.39 is 39.3 Å². The van der Waals surface area contributed by atoms with Gasteiger partial charge in [-0.25, -0.2) is 0 Å². The minimum atomic E-state index is -4.83. The van der Waals surface area contributed by atoms with Gasteiger partial charge >= 0.3 is 10.2 Å². The van der Waals surface area contributed by atoms with Gasteiger partial charge in [0.1, 0.15) is 11.0 Å². The lowest BCUT2D eigenvalue weighted by atomic mass is 10.1. The maximum absolute atomic E-state index is 12.9. The molecule has 2 rings (SSSR count). The number of halogens is 1. The summed E-state index contributed by atoms with van der Waals surface area (Å²) in [5.41, 5.74) is 0.0238. The molecule has 1 N–H and O–H groups in total. The van der Waals surface area contributed by atoms with Crippen molar-refractivity contribution in [3.63, 3.8) is 0 Å². The number of hydrogen-bond donors (Lipinski definition) is 1. The Hall–Kier alpha value is -1.96. The summed E-state index contributed by atoms with van der Waals surface area (Å²) in [6.45, 7) is 0.867. The van der Waals surface area contributed by atoms with E-state index in [4.69, 9.17) is 0 Å². The van der Waals surface area contributed by atoms with Crippen LogP contribution in [0.15, 0.2) is 18.2 Å². The molecule has 1 aromatic carbocycles. The summed E-state index contributed by atoms with van der Waals surface area (Å²) < 4.78 is 34.6. The molecule has 1 saturated heterocycles. The van der Waals surface area contributed by atoms with Crippen molar-refractivity contribution in [2.45, 2.75) is 18.6 Å². The van der Waals surface area contributed by atoms with E-state index in [2.05, 4.69) is 0 Å². The minimum absolute atomic E-state index is 0.00819. The monoisotopic (exact) mass is 301 g/mol. The zero-order valence-corrected chi connectivity index (χ0v) is 11.4. The molecule has 0 radical (unpaired) electrons. The van der Waals surface area contributed by atoms with Crippen molar-refractivity contribution in [3.8, 4) is 5.75 Å². The average molecular weight is 301 g/mol. The number of nitrogens with zero attached hydrogens (tertiary/aromatic N) is 1. The summed E-state index contributed by atoms with van der Waals surface area (Å²) in [4.78, 5) is 24.1. The van der Waals surface area contributed by atoms with Crippen LogP contribution in [0.3, 0.4) is 0 Å². The number of benzene rings is 1. The lowest BCUT2D eigenvalue weighted by Crippen LogP contribution is -2.27. The van der Waals surface area contributed by atoms with Crippen molar-refractivity contribution in [2.24, 2.45) is 0 Å². The maximum atomic E-state index is 12.9. The summed E-state index contributed by atoms with van der Waals surface area (Å²) in [7, 11) is -4.83. The number of phenolic OH excluding ortho intramolecular Hbond substituents is 1. The molecule has 1 aliphatic rings. The van der Waals surface area contributed by atoms with Crippen molar-refractivity contribution in [2.75, 3.05) is 11.4 Å². The minimum Gasteiger partial charge on any atom is -0.505 e. The SMILES string of the molecule is CC(=O)c1cccc(N2CC(S(=O)(=O)F)CC2=O)c1O. The fourth-order valence-corrected chi connectivity index (χ4v) is 2.80. The third-order valence-electron chi connectivity index (χ3n) is 3.17. The van der Waals surface area contributed by atoms with Crippen LogP contribution in [-0.4, -0.2) is 37.0 Å². The number of carbonyl (C=O) groups excluding carboxylic acids is 2. The van der Waals surface area contributed by atoms with E-state index in [1.807, 2.05) is 0 Å². The highest BCUT2D eigenvalue weighted by atomic mass is 32.3. The van der Waals surface area contributed by atoms with E-state index in [-0.39, 0.29) is 17.8 Å². The Morgan fingerprint density at radius 1 is 1.45 bits per heavy atom. The van der Waals surface area contributed by atoms with Gasteiger partial charge in [0, 0.05) is 13.0 Å². The summed E-state index contributed by atoms with van der Waals surface area (Å²) in [5.74, 6) is -1.43. The zero-order valence-electron chi connectivity index (χ0n) is 10.5. The standard InChI is InChI=1S/C12H12FNO5S/c1-7(15)9-3-2-4-10(12(9)17)14-6-8(5-11(14)16)20(13,18)19/h2-4,8,17H,5-6H2,1H3. The highest BCUT2D eigenvalue weighted by Crippen LogP contribution is 2.35. The second-order valence-corrected chi connectivity index (χ2v) is 6.15. The lowest BCUT2D eigenvalue weighted by molar-refractivity contribution is -0.117. The number of Topliss-reactive ketones (excluding diaryl/α,β-unsaturated/α-hetero) is 1. The zero-order chi connectivity index (χ0) is 15.1. The Morgan fingerprint density at radius 3 is 2.60 bits per heavy atom. The fraction of sp³-hybridized carbons (Fsp3) is 0.333. The molecule has 1 heterocycles. The molecule has 0 aromatic heterocycles. The van der Waals surface area contributed by atoms with Gasteiger partial charge in [0.2, 0.25) is 5.91 Å². The van der Waals surface area contributed by atoms with Gasteiger partial charge in [0.15, 0.2) is 5.78 Å². The predicted octanol–water partition coefficient (Wildman–Crippen LogP) is 0.999. The number of ketones is 1. The number of aromatic hydroxyl groups is 1. The van der Waals surface area contributed by atoms with Crippen molar-refractivity contribution >= 4 is 27.6 Å². The van der Waals surface area contributed by atoms with Gasteiger partial charge in [-0.2, -0.15) is 8.42 Å². The van der Waals surface area contributed by atoms with Crippen molar-refractivity contribution in [3.05, 3.63) is 23.8 Å². The maximum Gasteiger partial charge on any atom is 0.307 e. The van der Waals surface area contributed by atoms with Crippen LogP contribution in [0.5, 0.6) is 5.75 Å². The van der Waals surface area contributed by atoms with Gasteiger partial charge < -0.3 is 10.0 Å². The smallest absolute Gasteiger partial charge is 0.307 e. The van der Waals surface area contributed by atoms with E-state index >= 15 is 0 Å². The molecule has 1 amide bonds. The summed E-state index contributed by atoms with van der Waals surface area (Å²) in [6, 6.07) is 4.20. The van der Waals surface area contributed by atoms with Gasteiger partial charge in [0.25, 0.3) is 0 Å². The third-order valence-corrected chi connectivity index (χ3v) is 4.28. The number of phenols is 1. The van der Waals surface area contributed by atoms with Crippen molar-refractivity contribution in [1.29, 1.82) is 0 Å². The first kappa shape index (κ1) is 14.4. The summed E-state index contributed by atoms with van der Waals surface area (Å²) >= 11 is 0. The summed E-state index contributed by atoms with van der Waals surface area (Å²) in [6.07, 6.45) is -0.484. The Balaban J connectivity index is 2.41. The molecule has 6 nitrogen and oxygen atoms in total. The first-order valence-corrected chi connectivity index (χ1v) is 7.23. The van der Waals surface area contributed by atoms with Crippen LogP contribution >= 0.6 is 0 Å². The topological polar surface area (TPSA) is 91.8 Å². The molecule has 108 valence electrons. The van der Waals surface area contributed by atoms with Gasteiger partial charge in [0.05, 0.1) is 11.3 Å². The van der Waals surface area contributed by atoms with Crippen LogP contribution in [0.2, 0.25) is 0 Å². The Bertz CT molecular complexity index is 685. The lowest BCUT2D eigenvalue weighted by Gasteiger charge is -2.18. The molecule has 0 aliphatic carbocycles. The largest absolute Gasteiger partial charge is 0.505 e. The highest BCUT2D eigenvalue weighted by Gasteiger charge is 2.40. The van der Waals surface area contributed by atoms with E-state index in [0.717, 1.165) is 4.90 Å². The van der Waals surface area contributed by atoms with E-state index in [1.165, 1.54) is 25.1 Å². The highest BCUT2D eigenvalue weighted by molar-refractivity contribution is 7.87. The Labute approximate surface area is 115 Å². The number of anilines is 1. The molecule has 0 bridgehead atoms. The second kappa shape index (κ2) is 4.86. The fourth-order valence-electron chi connectivity index (χ4n) is 2.13. The predicted molar refractivity (Wildman–Crippen MR) is 68.9 cm³/mol. The molecule has 8 heteroatoms. The quantitative estimate of drug-likeness (QED) is 0.664. The molecular weight excluding hydrogens is 289 g/mol. The number of rotatable bonds is 3. The molecular formula is C12H12FNO5S. The van der Waals surface area contributed by atoms with Gasteiger partial charge in [-0.15, -0.1) is 3.89 Å². The molecule has 0 spiro atoms. The normalized spacial score (nSPS) is 19.4. The molecule has 1 aromatic rings. The first-order valence-electron chi connectivity index (χ1n) is 5.78. The van der Waals surface area contributed by atoms with Gasteiger partial charge in [-0.3, -0.25) is 9.59 Å². The van der Waals surface area contributed by atoms with Gasteiger partial charge in [-0.1, -0.05) is 6.07 Å². The molecule has 1 fully saturated rings. The van der Waals surface area contributed by atoms with Crippen LogP contribution in [0.25, 0.3) is 0 Å². The van der Waals surface area contributed by atoms with E-state index in [0.29, 0.717) is 0 Å². The van der Waals surface area contributed by atoms with E-state index in [9.17, 15) is 27.0 Å². The number of carbonyl (C=O) groups is 2.